The van der Waals surface area contributed by atoms with E-state index in [0.29, 0.717) is 5.82 Å². The van der Waals surface area contributed by atoms with Gasteiger partial charge in [-0.15, -0.1) is 0 Å². The highest BCUT2D eigenvalue weighted by Crippen LogP contribution is 2.38. The zero-order valence-corrected chi connectivity index (χ0v) is 29.4. The molecule has 2 aromatic heterocycles. The molecule has 0 fully saturated rings. The minimum atomic E-state index is 0.689. The molecule has 0 bridgehead atoms. The highest BCUT2D eigenvalue weighted by Gasteiger charge is 2.15. The molecule has 2 heterocycles. The average molecular weight is 688 g/mol. The average Bonchev–Trinajstić information content (AvgIpc) is 3.26. The van der Waals surface area contributed by atoms with E-state index in [9.17, 15) is 0 Å². The fraction of sp³-hybridized carbons (Fsp3) is 0. The van der Waals surface area contributed by atoms with E-state index >= 15 is 0 Å². The van der Waals surface area contributed by atoms with Crippen molar-refractivity contribution in [1.82, 2.24) is 15.0 Å². The summed E-state index contributed by atoms with van der Waals surface area (Å²) in [5.41, 5.74) is 12.5. The summed E-state index contributed by atoms with van der Waals surface area (Å²) in [4.78, 5) is 15.5. The molecule has 0 saturated heterocycles. The van der Waals surface area contributed by atoms with Gasteiger partial charge in [-0.1, -0.05) is 176 Å². The van der Waals surface area contributed by atoms with Gasteiger partial charge in [0.25, 0.3) is 0 Å². The molecular formula is C51H33N3. The number of benzene rings is 8. The molecule has 252 valence electrons. The van der Waals surface area contributed by atoms with Crippen LogP contribution in [0.15, 0.2) is 200 Å². The molecule has 8 aromatic carbocycles. The van der Waals surface area contributed by atoms with Crippen LogP contribution < -0.4 is 0 Å². The maximum absolute atomic E-state index is 5.21. The van der Waals surface area contributed by atoms with Crippen LogP contribution in [0, 0.1) is 0 Å². The summed E-state index contributed by atoms with van der Waals surface area (Å²) < 4.78 is 0. The monoisotopic (exact) mass is 687 g/mol. The molecule has 0 aliphatic heterocycles. The fourth-order valence-electron chi connectivity index (χ4n) is 7.57. The van der Waals surface area contributed by atoms with Crippen LogP contribution in [0.1, 0.15) is 0 Å². The van der Waals surface area contributed by atoms with Crippen molar-refractivity contribution in [3.05, 3.63) is 200 Å². The molecule has 54 heavy (non-hydrogen) atoms. The van der Waals surface area contributed by atoms with Crippen LogP contribution >= 0.6 is 0 Å². The van der Waals surface area contributed by atoms with Crippen LogP contribution in [0.3, 0.4) is 0 Å². The van der Waals surface area contributed by atoms with Crippen molar-refractivity contribution in [2.75, 3.05) is 0 Å². The minimum absolute atomic E-state index is 0.689. The quantitative estimate of drug-likeness (QED) is 0.163. The number of pyridine rings is 1. The zero-order valence-electron chi connectivity index (χ0n) is 29.4. The Balaban J connectivity index is 1.05. The largest absolute Gasteiger partial charge is 0.247 e. The molecule has 0 aliphatic rings. The minimum Gasteiger partial charge on any atom is -0.247 e. The molecule has 10 aromatic rings. The number of fused-ring (bicyclic) bond motifs is 5. The van der Waals surface area contributed by atoms with E-state index in [1.807, 2.05) is 12.1 Å². The predicted octanol–water partition coefficient (Wildman–Crippen LogP) is 13.3. The van der Waals surface area contributed by atoms with Gasteiger partial charge in [0.2, 0.25) is 0 Å². The van der Waals surface area contributed by atoms with E-state index in [-0.39, 0.29) is 0 Å². The summed E-state index contributed by atoms with van der Waals surface area (Å²) >= 11 is 0. The van der Waals surface area contributed by atoms with Gasteiger partial charge in [-0.2, -0.15) is 0 Å². The zero-order chi connectivity index (χ0) is 35.8. The first-order valence-electron chi connectivity index (χ1n) is 18.3. The number of nitrogens with zero attached hydrogens (tertiary/aromatic N) is 3. The van der Waals surface area contributed by atoms with Crippen LogP contribution in [0.5, 0.6) is 0 Å². The normalized spacial score (nSPS) is 11.3. The van der Waals surface area contributed by atoms with E-state index < -0.39 is 0 Å². The molecule has 0 amide bonds. The van der Waals surface area contributed by atoms with Crippen molar-refractivity contribution >= 4 is 32.4 Å². The van der Waals surface area contributed by atoms with Crippen LogP contribution in [0.2, 0.25) is 0 Å². The van der Waals surface area contributed by atoms with Gasteiger partial charge >= 0.3 is 0 Å². The van der Waals surface area contributed by atoms with Gasteiger partial charge in [0.05, 0.1) is 22.6 Å². The number of hydrogen-bond donors (Lipinski definition) is 0. The summed E-state index contributed by atoms with van der Waals surface area (Å²) in [5.74, 6) is 0.689. The molecule has 0 spiro atoms. The third-order valence-electron chi connectivity index (χ3n) is 10.3. The standard InChI is InChI=1S/C51H33N3/c1-3-13-34(14-4-1)39-18-11-20-41(31-39)48-33-47(37-16-5-2-6-17-37)53-51(54-48)42-21-12-19-40(32-42)35-25-27-38(28-26-35)50-45-30-29-36-15-7-8-22-43(36)49(45)44-23-9-10-24-46(44)52-50/h1-33H. The Labute approximate surface area is 313 Å². The SMILES string of the molecule is c1ccc(-c2cccc(-c3cc(-c4ccccc4)nc(-c4cccc(-c5ccc(-c6nc7ccccc7c7c6ccc6ccccc67)cc5)c4)n3)c2)cc1. The lowest BCUT2D eigenvalue weighted by Gasteiger charge is -2.13. The third-order valence-corrected chi connectivity index (χ3v) is 10.3. The molecule has 3 heteroatoms. The Morgan fingerprint density at radius 3 is 1.57 bits per heavy atom. The lowest BCUT2D eigenvalue weighted by molar-refractivity contribution is 1.18. The molecular weight excluding hydrogens is 655 g/mol. The topological polar surface area (TPSA) is 38.7 Å². The lowest BCUT2D eigenvalue weighted by atomic mass is 9.94. The fourth-order valence-corrected chi connectivity index (χ4v) is 7.57. The van der Waals surface area contributed by atoms with E-state index in [1.165, 1.54) is 27.1 Å². The van der Waals surface area contributed by atoms with Crippen molar-refractivity contribution in [3.63, 3.8) is 0 Å². The first kappa shape index (κ1) is 31.5. The summed E-state index contributed by atoms with van der Waals surface area (Å²) in [7, 11) is 0. The van der Waals surface area contributed by atoms with Crippen molar-refractivity contribution < 1.29 is 0 Å². The second-order valence-electron chi connectivity index (χ2n) is 13.6. The molecule has 10 rings (SSSR count). The predicted molar refractivity (Wildman–Crippen MR) is 225 cm³/mol. The Bertz CT molecular complexity index is 2960. The second kappa shape index (κ2) is 13.4. The number of hydrogen-bond acceptors (Lipinski definition) is 3. The van der Waals surface area contributed by atoms with Gasteiger partial charge < -0.3 is 0 Å². The molecule has 3 nitrogen and oxygen atoms in total. The summed E-state index contributed by atoms with van der Waals surface area (Å²) in [6, 6.07) is 70.3. The Kier molecular flexibility index (Phi) is 7.81. The van der Waals surface area contributed by atoms with E-state index in [4.69, 9.17) is 15.0 Å². The summed E-state index contributed by atoms with van der Waals surface area (Å²) in [5, 5.41) is 6.05. The van der Waals surface area contributed by atoms with Crippen LogP contribution in [0.25, 0.3) is 99.9 Å². The second-order valence-corrected chi connectivity index (χ2v) is 13.6. The number of aromatic nitrogens is 3. The number of para-hydroxylation sites is 1. The Hall–Kier alpha value is -7.23. The van der Waals surface area contributed by atoms with Crippen molar-refractivity contribution in [2.45, 2.75) is 0 Å². The van der Waals surface area contributed by atoms with Gasteiger partial charge in [0.1, 0.15) is 0 Å². The molecule has 0 N–H and O–H groups in total. The van der Waals surface area contributed by atoms with Crippen LogP contribution in [-0.4, -0.2) is 15.0 Å². The van der Waals surface area contributed by atoms with Gasteiger partial charge in [-0.3, -0.25) is 0 Å². The molecule has 0 aliphatic carbocycles. The number of rotatable bonds is 6. The van der Waals surface area contributed by atoms with Gasteiger partial charge in [0.15, 0.2) is 5.82 Å². The van der Waals surface area contributed by atoms with E-state index in [2.05, 4.69) is 188 Å². The highest BCUT2D eigenvalue weighted by molar-refractivity contribution is 6.22. The molecule has 0 saturated carbocycles. The third kappa shape index (κ3) is 5.78. The van der Waals surface area contributed by atoms with Crippen molar-refractivity contribution in [1.29, 1.82) is 0 Å². The maximum Gasteiger partial charge on any atom is 0.160 e. The van der Waals surface area contributed by atoms with E-state index in [1.54, 1.807) is 0 Å². The van der Waals surface area contributed by atoms with Crippen LogP contribution in [-0.2, 0) is 0 Å². The smallest absolute Gasteiger partial charge is 0.160 e. The van der Waals surface area contributed by atoms with E-state index in [0.717, 1.165) is 66.9 Å². The van der Waals surface area contributed by atoms with Crippen molar-refractivity contribution in [3.8, 4) is 67.4 Å². The first-order chi connectivity index (χ1) is 26.7. The molecule has 0 atom stereocenters. The summed E-state index contributed by atoms with van der Waals surface area (Å²) in [6.45, 7) is 0. The van der Waals surface area contributed by atoms with Gasteiger partial charge in [-0.05, 0) is 57.3 Å². The molecule has 0 radical (unpaired) electrons. The lowest BCUT2D eigenvalue weighted by Crippen LogP contribution is -1.96. The Morgan fingerprint density at radius 2 is 0.815 bits per heavy atom. The Morgan fingerprint density at radius 1 is 0.278 bits per heavy atom. The first-order valence-corrected chi connectivity index (χ1v) is 18.3. The summed E-state index contributed by atoms with van der Waals surface area (Å²) in [6.07, 6.45) is 0. The molecule has 0 unspecified atom stereocenters. The van der Waals surface area contributed by atoms with Crippen molar-refractivity contribution in [2.24, 2.45) is 0 Å². The van der Waals surface area contributed by atoms with Gasteiger partial charge in [0, 0.05) is 38.4 Å². The maximum atomic E-state index is 5.21. The van der Waals surface area contributed by atoms with Crippen LogP contribution in [0.4, 0.5) is 0 Å². The highest BCUT2D eigenvalue weighted by atomic mass is 14.9. The van der Waals surface area contributed by atoms with Gasteiger partial charge in [-0.25, -0.2) is 15.0 Å².